The summed E-state index contributed by atoms with van der Waals surface area (Å²) in [4.78, 5) is 2.67. The third-order valence-corrected chi connectivity index (χ3v) is 13.9. The molecule has 0 aliphatic heterocycles. The van der Waals surface area contributed by atoms with Crippen molar-refractivity contribution in [1.29, 1.82) is 0 Å². The van der Waals surface area contributed by atoms with Crippen LogP contribution < -0.4 is 4.90 Å². The number of hydrogen-bond acceptors (Lipinski definition) is 1. The van der Waals surface area contributed by atoms with Crippen molar-refractivity contribution in [2.75, 3.05) is 4.90 Å². The van der Waals surface area contributed by atoms with Gasteiger partial charge in [0.15, 0.2) is 0 Å². The molecule has 11 rings (SSSR count). The summed E-state index contributed by atoms with van der Waals surface area (Å²) in [5, 5.41) is 0. The molecule has 0 spiro atoms. The Kier molecular flexibility index (Phi) is 7.18. The normalized spacial score (nSPS) is 18.6. The second-order valence-corrected chi connectivity index (χ2v) is 17.4. The molecule has 5 aliphatic rings. The third-order valence-electron chi connectivity index (χ3n) is 13.9. The Morgan fingerprint density at radius 2 is 1.14 bits per heavy atom. The molecular weight excluding hydrogens is 675 g/mol. The lowest BCUT2D eigenvalue weighted by Crippen LogP contribution is -2.31. The highest BCUT2D eigenvalue weighted by atomic mass is 15.2. The topological polar surface area (TPSA) is 3.24 Å². The fourth-order valence-electron chi connectivity index (χ4n) is 11.4. The van der Waals surface area contributed by atoms with Crippen molar-refractivity contribution in [3.8, 4) is 22.3 Å². The number of hydrogen-bond donors (Lipinski definition) is 0. The second kappa shape index (κ2) is 12.0. The molecule has 0 radical (unpaired) electrons. The summed E-state index contributed by atoms with van der Waals surface area (Å²) in [6.07, 6.45) is 14.0. The average Bonchev–Trinajstić information content (AvgIpc) is 3.77. The molecule has 0 fully saturated rings. The van der Waals surface area contributed by atoms with Gasteiger partial charge in [0.25, 0.3) is 0 Å². The SMILES string of the molecule is CC1(C)C2=C(CCC=C2)c2cccc(N(C3=CC(C4(c5ccccc5)c5ccccc5-c5ccccc54)=CCC3)c3ccc4c(c3)C(C)(C)c3ccccc3-4)c21. The van der Waals surface area contributed by atoms with Gasteiger partial charge in [0.1, 0.15) is 0 Å². The Morgan fingerprint density at radius 1 is 0.518 bits per heavy atom. The molecule has 6 aromatic carbocycles. The Hall–Kier alpha value is -5.92. The first-order valence-corrected chi connectivity index (χ1v) is 20.6. The van der Waals surface area contributed by atoms with Gasteiger partial charge in [-0.15, -0.1) is 0 Å². The summed E-state index contributed by atoms with van der Waals surface area (Å²) >= 11 is 0. The molecule has 0 bridgehead atoms. The predicted octanol–water partition coefficient (Wildman–Crippen LogP) is 14.1. The molecule has 0 atom stereocenters. The molecule has 0 aromatic heterocycles. The molecule has 0 saturated carbocycles. The van der Waals surface area contributed by atoms with Crippen LogP contribution in [0.3, 0.4) is 0 Å². The minimum atomic E-state index is -0.434. The van der Waals surface area contributed by atoms with Crippen molar-refractivity contribution >= 4 is 16.9 Å². The van der Waals surface area contributed by atoms with Gasteiger partial charge in [-0.2, -0.15) is 0 Å². The molecule has 0 amide bonds. The van der Waals surface area contributed by atoms with E-state index in [9.17, 15) is 0 Å². The van der Waals surface area contributed by atoms with Crippen LogP contribution in [-0.4, -0.2) is 0 Å². The highest BCUT2D eigenvalue weighted by molar-refractivity contribution is 5.91. The monoisotopic (exact) mass is 721 g/mol. The lowest BCUT2D eigenvalue weighted by Gasteiger charge is -2.39. The standard InChI is InChI=1S/C55H47N/c1-53(2)46-27-12-8-22-40(46)44-33-32-39(35-50(44)53)56(51-31-17-26-45-43-25-9-13-28-47(43)54(3,4)52(45)51)38-21-16-20-37(34-38)55(36-18-6-5-7-19-36)48-29-14-10-23-41(48)42-24-11-15-30-49(42)55/h5-8,10-15,17-20,22-24,26-35H,9,16,21,25H2,1-4H3. The molecule has 0 heterocycles. The zero-order valence-electron chi connectivity index (χ0n) is 32.9. The number of nitrogens with zero attached hydrogens (tertiary/aromatic N) is 1. The predicted molar refractivity (Wildman–Crippen MR) is 235 cm³/mol. The van der Waals surface area contributed by atoms with E-state index in [2.05, 4.69) is 196 Å². The Labute approximate surface area is 332 Å². The van der Waals surface area contributed by atoms with E-state index in [1.807, 2.05) is 0 Å². The Balaban J connectivity index is 1.16. The molecule has 272 valence electrons. The van der Waals surface area contributed by atoms with Crippen molar-refractivity contribution in [1.82, 2.24) is 0 Å². The van der Waals surface area contributed by atoms with Gasteiger partial charge in [-0.05, 0) is 128 Å². The van der Waals surface area contributed by atoms with Gasteiger partial charge in [0.05, 0.1) is 11.1 Å². The largest absolute Gasteiger partial charge is 0.314 e. The van der Waals surface area contributed by atoms with E-state index in [0.717, 1.165) is 25.7 Å². The van der Waals surface area contributed by atoms with Gasteiger partial charge in [-0.25, -0.2) is 0 Å². The minimum absolute atomic E-state index is 0.0996. The van der Waals surface area contributed by atoms with E-state index in [-0.39, 0.29) is 10.8 Å². The Morgan fingerprint density at radius 3 is 1.88 bits per heavy atom. The third kappa shape index (κ3) is 4.43. The molecule has 6 aromatic rings. The van der Waals surface area contributed by atoms with Gasteiger partial charge >= 0.3 is 0 Å². The van der Waals surface area contributed by atoms with Crippen molar-refractivity contribution in [3.05, 3.63) is 220 Å². The lowest BCUT2D eigenvalue weighted by molar-refractivity contribution is 0.649. The second-order valence-electron chi connectivity index (χ2n) is 17.4. The minimum Gasteiger partial charge on any atom is -0.314 e. The first kappa shape index (κ1) is 33.4. The maximum Gasteiger partial charge on any atom is 0.0711 e. The molecule has 0 saturated heterocycles. The quantitative estimate of drug-likeness (QED) is 0.171. The summed E-state index contributed by atoms with van der Waals surface area (Å²) in [5.41, 5.74) is 22.7. The van der Waals surface area contributed by atoms with Gasteiger partial charge in [-0.3, -0.25) is 0 Å². The molecule has 5 aliphatic carbocycles. The van der Waals surface area contributed by atoms with Crippen LogP contribution in [0.1, 0.15) is 92.3 Å². The van der Waals surface area contributed by atoms with Crippen molar-refractivity contribution < 1.29 is 0 Å². The van der Waals surface area contributed by atoms with Crippen molar-refractivity contribution in [2.45, 2.75) is 69.6 Å². The maximum absolute atomic E-state index is 2.67. The highest BCUT2D eigenvalue weighted by Crippen LogP contribution is 2.59. The van der Waals surface area contributed by atoms with E-state index in [1.54, 1.807) is 0 Å². The van der Waals surface area contributed by atoms with Crippen LogP contribution in [0.5, 0.6) is 0 Å². The smallest absolute Gasteiger partial charge is 0.0711 e. The highest BCUT2D eigenvalue weighted by Gasteiger charge is 2.48. The van der Waals surface area contributed by atoms with Crippen LogP contribution in [0.2, 0.25) is 0 Å². The van der Waals surface area contributed by atoms with Crippen LogP contribution in [0.4, 0.5) is 11.4 Å². The average molecular weight is 722 g/mol. The summed E-state index contributed by atoms with van der Waals surface area (Å²) in [5.74, 6) is 0. The van der Waals surface area contributed by atoms with Gasteiger partial charge in [0, 0.05) is 22.2 Å². The first-order chi connectivity index (χ1) is 27.3. The van der Waals surface area contributed by atoms with Gasteiger partial charge in [-0.1, -0.05) is 167 Å². The van der Waals surface area contributed by atoms with Crippen molar-refractivity contribution in [2.24, 2.45) is 0 Å². The molecule has 1 heteroatoms. The number of rotatable bonds is 5. The van der Waals surface area contributed by atoms with Gasteiger partial charge < -0.3 is 4.90 Å². The summed E-state index contributed by atoms with van der Waals surface area (Å²) in [6, 6.07) is 52.9. The zero-order valence-corrected chi connectivity index (χ0v) is 32.9. The Bertz CT molecular complexity index is 2700. The van der Waals surface area contributed by atoms with Crippen LogP contribution >= 0.6 is 0 Å². The van der Waals surface area contributed by atoms with E-state index in [4.69, 9.17) is 0 Å². The number of fused-ring (bicyclic) bond motifs is 8. The number of allylic oxidation sites excluding steroid dienone is 8. The fourth-order valence-corrected chi connectivity index (χ4v) is 11.4. The van der Waals surface area contributed by atoms with Crippen LogP contribution in [0.25, 0.3) is 27.8 Å². The van der Waals surface area contributed by atoms with Crippen molar-refractivity contribution in [3.63, 3.8) is 0 Å². The fraction of sp³-hybridized carbons (Fsp3) is 0.200. The molecule has 0 N–H and O–H groups in total. The van der Waals surface area contributed by atoms with Crippen LogP contribution in [0.15, 0.2) is 181 Å². The number of benzene rings is 6. The molecule has 56 heavy (non-hydrogen) atoms. The molecule has 1 nitrogen and oxygen atoms in total. The van der Waals surface area contributed by atoms with E-state index in [0.29, 0.717) is 0 Å². The van der Waals surface area contributed by atoms with Crippen LogP contribution in [0, 0.1) is 0 Å². The summed E-state index contributed by atoms with van der Waals surface area (Å²) in [6.45, 7) is 9.70. The van der Waals surface area contributed by atoms with E-state index >= 15 is 0 Å². The van der Waals surface area contributed by atoms with E-state index < -0.39 is 5.41 Å². The van der Waals surface area contributed by atoms with Gasteiger partial charge in [0.2, 0.25) is 0 Å². The summed E-state index contributed by atoms with van der Waals surface area (Å²) in [7, 11) is 0. The summed E-state index contributed by atoms with van der Waals surface area (Å²) < 4.78 is 0. The molecule has 0 unspecified atom stereocenters. The van der Waals surface area contributed by atoms with E-state index in [1.165, 1.54) is 95.0 Å². The number of anilines is 2. The lowest BCUT2D eigenvalue weighted by atomic mass is 9.66. The molecular formula is C55H47N. The van der Waals surface area contributed by atoms with Crippen LogP contribution in [-0.2, 0) is 16.2 Å². The first-order valence-electron chi connectivity index (χ1n) is 20.6. The maximum atomic E-state index is 2.67. The zero-order chi connectivity index (χ0) is 37.8.